The number of hydrogen-bond donors (Lipinski definition) is 0. The second kappa shape index (κ2) is 7.22. The monoisotopic (exact) mass is 314 g/mol. The number of benzene rings is 1. The molecular formula is C16H14N2O5. The number of furan rings is 1. The molecule has 0 spiro atoms. The number of non-ortho nitro benzene ring substituents is 1. The number of nitro benzene ring substituents is 1. The van der Waals surface area contributed by atoms with E-state index in [1.807, 2.05) is 13.0 Å². The molecule has 0 bridgehead atoms. The van der Waals surface area contributed by atoms with E-state index in [9.17, 15) is 14.9 Å². The number of nitrogens with zero attached hydrogens (tertiary/aromatic N) is 2. The van der Waals surface area contributed by atoms with Crippen LogP contribution in [0.5, 0.6) is 0 Å². The summed E-state index contributed by atoms with van der Waals surface area (Å²) in [4.78, 5) is 21.6. The predicted molar refractivity (Wildman–Crippen MR) is 80.2 cm³/mol. The third kappa shape index (κ3) is 3.95. The normalized spacial score (nSPS) is 11.5. The lowest BCUT2D eigenvalue weighted by Crippen LogP contribution is -2.08. The fourth-order valence-corrected chi connectivity index (χ4v) is 1.94. The number of carbonyl (C=O) groups is 1. The van der Waals surface area contributed by atoms with Crippen molar-refractivity contribution >= 4 is 11.7 Å². The zero-order valence-corrected chi connectivity index (χ0v) is 12.4. The summed E-state index contributed by atoms with van der Waals surface area (Å²) in [5.74, 6) is 0.180. The van der Waals surface area contributed by atoms with E-state index in [1.54, 1.807) is 24.3 Å². The van der Waals surface area contributed by atoms with Gasteiger partial charge in [0.25, 0.3) is 5.69 Å². The highest BCUT2D eigenvalue weighted by Gasteiger charge is 2.20. The molecule has 1 heterocycles. The van der Waals surface area contributed by atoms with E-state index in [0.717, 1.165) is 0 Å². The van der Waals surface area contributed by atoms with Gasteiger partial charge in [0.2, 0.25) is 6.10 Å². The number of hydrogen-bond acceptors (Lipinski definition) is 6. The second-order valence-corrected chi connectivity index (χ2v) is 4.75. The van der Waals surface area contributed by atoms with Crippen LogP contribution in [0, 0.1) is 21.4 Å². The lowest BCUT2D eigenvalue weighted by Gasteiger charge is -2.07. The zero-order valence-electron chi connectivity index (χ0n) is 12.4. The molecule has 0 N–H and O–H groups in total. The summed E-state index contributed by atoms with van der Waals surface area (Å²) < 4.78 is 10.6. The Kier molecular flexibility index (Phi) is 5.10. The molecule has 23 heavy (non-hydrogen) atoms. The van der Waals surface area contributed by atoms with Crippen LogP contribution in [0.25, 0.3) is 11.3 Å². The molecule has 7 heteroatoms. The Bertz CT molecular complexity index is 743. The highest BCUT2D eigenvalue weighted by Crippen LogP contribution is 2.28. The van der Waals surface area contributed by atoms with Crippen LogP contribution in [0.15, 0.2) is 40.8 Å². The Labute approximate surface area is 132 Å². The maximum absolute atomic E-state index is 11.5. The molecule has 7 nitrogen and oxygen atoms in total. The van der Waals surface area contributed by atoms with Crippen molar-refractivity contribution in [3.63, 3.8) is 0 Å². The number of nitro groups is 1. The summed E-state index contributed by atoms with van der Waals surface area (Å²) in [6.07, 6.45) is -0.252. The number of carbonyl (C=O) groups excluding carboxylic acids is 1. The average Bonchev–Trinajstić information content (AvgIpc) is 3.02. The van der Waals surface area contributed by atoms with Gasteiger partial charge in [-0.3, -0.25) is 14.9 Å². The maximum atomic E-state index is 11.5. The van der Waals surface area contributed by atoms with Crippen molar-refractivity contribution in [2.45, 2.75) is 25.9 Å². The molecule has 2 rings (SSSR count). The first-order chi connectivity index (χ1) is 11.0. The fraction of sp³-hybridized carbons (Fsp3) is 0.250. The molecule has 0 unspecified atom stereocenters. The van der Waals surface area contributed by atoms with Crippen molar-refractivity contribution in [1.29, 1.82) is 5.26 Å². The summed E-state index contributed by atoms with van der Waals surface area (Å²) in [5.41, 5.74) is 0.599. The summed E-state index contributed by atoms with van der Waals surface area (Å²) in [6.45, 7) is 1.84. The SMILES string of the molecule is CCCC(=O)O[C@H](C#N)c1ccc(-c2ccc([N+](=O)[O-])cc2)o1. The van der Waals surface area contributed by atoms with Crippen LogP contribution in [0.3, 0.4) is 0 Å². The predicted octanol–water partition coefficient (Wildman–Crippen LogP) is 3.76. The minimum absolute atomic E-state index is 0.0241. The molecule has 0 aliphatic carbocycles. The minimum atomic E-state index is -1.11. The molecule has 0 amide bonds. The first kappa shape index (κ1) is 16.2. The molecule has 118 valence electrons. The van der Waals surface area contributed by atoms with Crippen LogP contribution in [0.4, 0.5) is 5.69 Å². The standard InChI is InChI=1S/C16H14N2O5/c1-2-3-16(19)23-15(10-17)14-9-8-13(22-14)11-4-6-12(7-5-11)18(20)21/h4-9,15H,2-3H2,1H3/t15-/m1/s1. The van der Waals surface area contributed by atoms with E-state index in [-0.39, 0.29) is 17.9 Å². The highest BCUT2D eigenvalue weighted by atomic mass is 16.6. The molecule has 0 fully saturated rings. The lowest BCUT2D eigenvalue weighted by molar-refractivity contribution is -0.384. The van der Waals surface area contributed by atoms with Crippen molar-refractivity contribution in [2.24, 2.45) is 0 Å². The summed E-state index contributed by atoms with van der Waals surface area (Å²) in [5, 5.41) is 19.7. The van der Waals surface area contributed by atoms with Crippen molar-refractivity contribution < 1.29 is 18.9 Å². The van der Waals surface area contributed by atoms with Gasteiger partial charge in [-0.2, -0.15) is 5.26 Å². The second-order valence-electron chi connectivity index (χ2n) is 4.75. The molecule has 0 radical (unpaired) electrons. The number of ether oxygens (including phenoxy) is 1. The van der Waals surface area contributed by atoms with Crippen LogP contribution >= 0.6 is 0 Å². The van der Waals surface area contributed by atoms with Crippen LogP contribution in [0.2, 0.25) is 0 Å². The molecule has 2 aromatic rings. The molecule has 1 aromatic heterocycles. The Balaban J connectivity index is 2.17. The Morgan fingerprint density at radius 2 is 2.04 bits per heavy atom. The highest BCUT2D eigenvalue weighted by molar-refractivity contribution is 5.70. The topological polar surface area (TPSA) is 106 Å². The third-order valence-electron chi connectivity index (χ3n) is 3.07. The molecule has 1 aromatic carbocycles. The zero-order chi connectivity index (χ0) is 16.8. The van der Waals surface area contributed by atoms with Gasteiger partial charge in [-0.25, -0.2) is 0 Å². The lowest BCUT2D eigenvalue weighted by atomic mass is 10.1. The van der Waals surface area contributed by atoms with Gasteiger partial charge in [-0.1, -0.05) is 6.92 Å². The molecule has 0 saturated heterocycles. The molecule has 1 atom stereocenters. The van der Waals surface area contributed by atoms with Crippen LogP contribution in [-0.4, -0.2) is 10.9 Å². The van der Waals surface area contributed by atoms with Gasteiger partial charge in [-0.15, -0.1) is 0 Å². The van der Waals surface area contributed by atoms with Crippen molar-refractivity contribution in [3.05, 3.63) is 52.3 Å². The minimum Gasteiger partial charge on any atom is -0.456 e. The van der Waals surface area contributed by atoms with Crippen LogP contribution < -0.4 is 0 Å². The number of nitriles is 1. The van der Waals surface area contributed by atoms with Crippen molar-refractivity contribution in [1.82, 2.24) is 0 Å². The first-order valence-electron chi connectivity index (χ1n) is 6.98. The molecular weight excluding hydrogens is 300 g/mol. The van der Waals surface area contributed by atoms with E-state index in [1.165, 1.54) is 12.1 Å². The Morgan fingerprint density at radius 3 is 2.61 bits per heavy atom. The number of esters is 1. The first-order valence-corrected chi connectivity index (χ1v) is 6.98. The van der Waals surface area contributed by atoms with Crippen molar-refractivity contribution in [3.8, 4) is 17.4 Å². The van der Waals surface area contributed by atoms with Gasteiger partial charge < -0.3 is 9.15 Å². The summed E-state index contributed by atoms with van der Waals surface area (Å²) >= 11 is 0. The average molecular weight is 314 g/mol. The quantitative estimate of drug-likeness (QED) is 0.456. The van der Waals surface area contributed by atoms with Gasteiger partial charge in [0.05, 0.1) is 4.92 Å². The van der Waals surface area contributed by atoms with E-state index < -0.39 is 17.0 Å². The summed E-state index contributed by atoms with van der Waals surface area (Å²) in [7, 11) is 0. The summed E-state index contributed by atoms with van der Waals surface area (Å²) in [6, 6.07) is 10.9. The van der Waals surface area contributed by atoms with Crippen LogP contribution in [-0.2, 0) is 9.53 Å². The molecule has 0 aliphatic rings. The van der Waals surface area contributed by atoms with E-state index >= 15 is 0 Å². The van der Waals surface area contributed by atoms with Gasteiger partial charge in [0, 0.05) is 24.1 Å². The van der Waals surface area contributed by atoms with E-state index in [4.69, 9.17) is 14.4 Å². The van der Waals surface area contributed by atoms with Gasteiger partial charge in [-0.05, 0) is 30.7 Å². The number of rotatable bonds is 6. The largest absolute Gasteiger partial charge is 0.456 e. The van der Waals surface area contributed by atoms with Gasteiger partial charge in [0.15, 0.2) is 5.76 Å². The maximum Gasteiger partial charge on any atom is 0.307 e. The van der Waals surface area contributed by atoms with E-state index in [2.05, 4.69) is 0 Å². The van der Waals surface area contributed by atoms with Gasteiger partial charge >= 0.3 is 5.97 Å². The van der Waals surface area contributed by atoms with Gasteiger partial charge in [0.1, 0.15) is 11.8 Å². The third-order valence-corrected chi connectivity index (χ3v) is 3.07. The smallest absolute Gasteiger partial charge is 0.307 e. The van der Waals surface area contributed by atoms with E-state index in [0.29, 0.717) is 17.7 Å². The molecule has 0 aliphatic heterocycles. The fourth-order valence-electron chi connectivity index (χ4n) is 1.94. The Hall–Kier alpha value is -3.14. The Morgan fingerprint density at radius 1 is 1.35 bits per heavy atom. The molecule has 0 saturated carbocycles. The van der Waals surface area contributed by atoms with Crippen molar-refractivity contribution in [2.75, 3.05) is 0 Å². The van der Waals surface area contributed by atoms with Crippen LogP contribution in [0.1, 0.15) is 31.6 Å².